The van der Waals surface area contributed by atoms with Gasteiger partial charge < -0.3 is 10.1 Å². The van der Waals surface area contributed by atoms with E-state index in [0.717, 1.165) is 11.1 Å². The van der Waals surface area contributed by atoms with Crippen molar-refractivity contribution in [3.8, 4) is 5.75 Å². The Morgan fingerprint density at radius 3 is 2.38 bits per heavy atom. The SMILES string of the molecule is COc1ccc(S(=O)(=O)N(CCc2ccccc2)CC(=O)Nc2ccccc2C)cc1Cl. The van der Waals surface area contributed by atoms with Crippen LogP contribution in [0.2, 0.25) is 5.02 Å². The van der Waals surface area contributed by atoms with Crippen molar-refractivity contribution in [2.24, 2.45) is 0 Å². The van der Waals surface area contributed by atoms with E-state index in [-0.39, 0.29) is 23.0 Å². The summed E-state index contributed by atoms with van der Waals surface area (Å²) in [6.45, 7) is 1.68. The number of halogens is 1. The van der Waals surface area contributed by atoms with E-state index >= 15 is 0 Å². The minimum Gasteiger partial charge on any atom is -0.495 e. The number of sulfonamides is 1. The van der Waals surface area contributed by atoms with Crippen LogP contribution in [-0.4, -0.2) is 38.8 Å². The van der Waals surface area contributed by atoms with Gasteiger partial charge in [0.1, 0.15) is 5.75 Å². The molecule has 0 radical (unpaired) electrons. The monoisotopic (exact) mass is 472 g/mol. The van der Waals surface area contributed by atoms with Crippen LogP contribution in [0.3, 0.4) is 0 Å². The molecule has 0 aliphatic heterocycles. The molecular formula is C24H25ClN2O4S. The maximum atomic E-state index is 13.4. The van der Waals surface area contributed by atoms with Crippen LogP contribution in [0.25, 0.3) is 0 Å². The molecule has 0 bridgehead atoms. The van der Waals surface area contributed by atoms with Gasteiger partial charge in [-0.2, -0.15) is 4.31 Å². The fourth-order valence-electron chi connectivity index (χ4n) is 3.20. The fourth-order valence-corrected chi connectivity index (χ4v) is 4.95. The molecular weight excluding hydrogens is 448 g/mol. The van der Waals surface area contributed by atoms with Gasteiger partial charge in [-0.3, -0.25) is 4.79 Å². The standard InChI is InChI=1S/C24H25ClN2O4S/c1-18-8-6-7-11-22(18)26-24(28)17-27(15-14-19-9-4-3-5-10-19)32(29,30)20-12-13-23(31-2)21(25)16-20/h3-13,16H,14-15,17H2,1-2H3,(H,26,28). The van der Waals surface area contributed by atoms with Crippen LogP contribution in [0.5, 0.6) is 5.75 Å². The summed E-state index contributed by atoms with van der Waals surface area (Å²) >= 11 is 6.16. The molecule has 3 aromatic carbocycles. The van der Waals surface area contributed by atoms with Crippen LogP contribution < -0.4 is 10.1 Å². The highest BCUT2D eigenvalue weighted by Crippen LogP contribution is 2.28. The molecule has 6 nitrogen and oxygen atoms in total. The van der Waals surface area contributed by atoms with E-state index in [0.29, 0.717) is 17.9 Å². The number of hydrogen-bond acceptors (Lipinski definition) is 4. The summed E-state index contributed by atoms with van der Waals surface area (Å²) in [4.78, 5) is 12.8. The van der Waals surface area contributed by atoms with Crippen molar-refractivity contribution >= 4 is 33.2 Å². The van der Waals surface area contributed by atoms with Crippen molar-refractivity contribution in [2.45, 2.75) is 18.2 Å². The first kappa shape index (κ1) is 23.8. The first-order valence-electron chi connectivity index (χ1n) is 10.0. The summed E-state index contributed by atoms with van der Waals surface area (Å²) in [5.74, 6) is -0.0470. The summed E-state index contributed by atoms with van der Waals surface area (Å²) in [7, 11) is -2.53. The lowest BCUT2D eigenvalue weighted by molar-refractivity contribution is -0.116. The predicted molar refractivity (Wildman–Crippen MR) is 127 cm³/mol. The Labute approximate surface area is 193 Å². The van der Waals surface area contributed by atoms with Gasteiger partial charge in [-0.25, -0.2) is 8.42 Å². The van der Waals surface area contributed by atoms with E-state index < -0.39 is 15.9 Å². The minimum absolute atomic E-state index is 0.0000494. The number of carbonyl (C=O) groups excluding carboxylic acids is 1. The number of methoxy groups -OCH3 is 1. The Kier molecular flexibility index (Phi) is 7.90. The molecule has 0 aromatic heterocycles. The van der Waals surface area contributed by atoms with Gasteiger partial charge >= 0.3 is 0 Å². The third-order valence-electron chi connectivity index (χ3n) is 4.99. The smallest absolute Gasteiger partial charge is 0.243 e. The quantitative estimate of drug-likeness (QED) is 0.496. The van der Waals surface area contributed by atoms with Crippen molar-refractivity contribution in [3.05, 3.63) is 88.9 Å². The van der Waals surface area contributed by atoms with Crippen molar-refractivity contribution in [2.75, 3.05) is 25.5 Å². The maximum Gasteiger partial charge on any atom is 0.243 e. The van der Waals surface area contributed by atoms with Crippen LogP contribution in [0.15, 0.2) is 77.7 Å². The second-order valence-corrected chi connectivity index (χ2v) is 9.58. The Morgan fingerprint density at radius 1 is 1.03 bits per heavy atom. The second-order valence-electron chi connectivity index (χ2n) is 7.23. The van der Waals surface area contributed by atoms with Gasteiger partial charge in [0.15, 0.2) is 0 Å². The number of amides is 1. The molecule has 0 saturated carbocycles. The lowest BCUT2D eigenvalue weighted by Gasteiger charge is -2.22. The van der Waals surface area contributed by atoms with E-state index in [1.54, 1.807) is 6.07 Å². The van der Waals surface area contributed by atoms with Gasteiger partial charge in [-0.1, -0.05) is 60.1 Å². The highest BCUT2D eigenvalue weighted by atomic mass is 35.5. The topological polar surface area (TPSA) is 75.7 Å². The van der Waals surface area contributed by atoms with Gasteiger partial charge in [-0.05, 0) is 48.7 Å². The fraction of sp³-hybridized carbons (Fsp3) is 0.208. The Bertz CT molecular complexity index is 1180. The molecule has 0 aliphatic rings. The molecule has 32 heavy (non-hydrogen) atoms. The van der Waals surface area contributed by atoms with Gasteiger partial charge in [0, 0.05) is 12.2 Å². The summed E-state index contributed by atoms with van der Waals surface area (Å²) in [6.07, 6.45) is 0.460. The van der Waals surface area contributed by atoms with Gasteiger partial charge in [0.2, 0.25) is 15.9 Å². The first-order chi connectivity index (χ1) is 15.3. The zero-order valence-electron chi connectivity index (χ0n) is 17.9. The van der Waals surface area contributed by atoms with Crippen LogP contribution >= 0.6 is 11.6 Å². The molecule has 0 atom stereocenters. The average Bonchev–Trinajstić information content (AvgIpc) is 2.78. The van der Waals surface area contributed by atoms with E-state index in [1.807, 2.05) is 55.5 Å². The number of carbonyl (C=O) groups is 1. The number of para-hydroxylation sites is 1. The number of hydrogen-bond donors (Lipinski definition) is 1. The molecule has 3 rings (SSSR count). The van der Waals surface area contributed by atoms with Gasteiger partial charge in [-0.15, -0.1) is 0 Å². The second kappa shape index (κ2) is 10.6. The molecule has 0 spiro atoms. The largest absolute Gasteiger partial charge is 0.495 e. The molecule has 0 heterocycles. The Balaban J connectivity index is 1.86. The summed E-state index contributed by atoms with van der Waals surface area (Å²) in [5.41, 5.74) is 2.51. The number of ether oxygens (including phenoxy) is 1. The van der Waals surface area contributed by atoms with E-state index in [2.05, 4.69) is 5.32 Å². The number of nitrogens with one attached hydrogen (secondary N) is 1. The van der Waals surface area contributed by atoms with Crippen LogP contribution in [0.4, 0.5) is 5.69 Å². The molecule has 0 fully saturated rings. The highest BCUT2D eigenvalue weighted by molar-refractivity contribution is 7.89. The molecule has 8 heteroatoms. The third kappa shape index (κ3) is 5.88. The molecule has 1 N–H and O–H groups in total. The van der Waals surface area contributed by atoms with E-state index in [4.69, 9.17) is 16.3 Å². The van der Waals surface area contributed by atoms with Gasteiger partial charge in [0.25, 0.3) is 0 Å². The van der Waals surface area contributed by atoms with Gasteiger partial charge in [0.05, 0.1) is 23.6 Å². The predicted octanol–water partition coefficient (Wildman–Crippen LogP) is 4.53. The van der Waals surface area contributed by atoms with Crippen LogP contribution in [0.1, 0.15) is 11.1 Å². The summed E-state index contributed by atoms with van der Waals surface area (Å²) in [5, 5.41) is 2.98. The molecule has 1 amide bonds. The molecule has 168 valence electrons. The minimum atomic E-state index is -3.98. The summed E-state index contributed by atoms with van der Waals surface area (Å²) in [6, 6.07) is 21.1. The zero-order valence-corrected chi connectivity index (χ0v) is 19.5. The van der Waals surface area contributed by atoms with Crippen molar-refractivity contribution in [3.63, 3.8) is 0 Å². The third-order valence-corrected chi connectivity index (χ3v) is 7.13. The molecule has 0 saturated heterocycles. The Hall–Kier alpha value is -2.87. The molecule has 0 aliphatic carbocycles. The number of aryl methyl sites for hydroxylation is 1. The maximum absolute atomic E-state index is 13.4. The van der Waals surface area contributed by atoms with E-state index in [9.17, 15) is 13.2 Å². The molecule has 3 aromatic rings. The lowest BCUT2D eigenvalue weighted by Crippen LogP contribution is -2.39. The van der Waals surface area contributed by atoms with E-state index in [1.165, 1.54) is 29.6 Å². The van der Waals surface area contributed by atoms with Crippen LogP contribution in [-0.2, 0) is 21.2 Å². The highest BCUT2D eigenvalue weighted by Gasteiger charge is 2.27. The lowest BCUT2D eigenvalue weighted by atomic mass is 10.1. The number of benzene rings is 3. The normalized spacial score (nSPS) is 11.4. The number of rotatable bonds is 9. The summed E-state index contributed by atoms with van der Waals surface area (Å²) < 4.78 is 33.1. The molecule has 0 unspecified atom stereocenters. The average molecular weight is 473 g/mol. The number of nitrogens with zero attached hydrogens (tertiary/aromatic N) is 1. The number of anilines is 1. The van der Waals surface area contributed by atoms with Crippen molar-refractivity contribution in [1.82, 2.24) is 4.31 Å². The van der Waals surface area contributed by atoms with Crippen LogP contribution in [0, 0.1) is 6.92 Å². The Morgan fingerprint density at radius 2 is 1.72 bits per heavy atom. The van der Waals surface area contributed by atoms with Crippen molar-refractivity contribution < 1.29 is 17.9 Å². The van der Waals surface area contributed by atoms with Crippen molar-refractivity contribution in [1.29, 1.82) is 0 Å². The first-order valence-corrected chi connectivity index (χ1v) is 11.9. The zero-order chi connectivity index (χ0) is 23.1.